The van der Waals surface area contributed by atoms with Gasteiger partial charge in [-0.1, -0.05) is 6.92 Å². The van der Waals surface area contributed by atoms with Crippen molar-refractivity contribution in [1.29, 1.82) is 0 Å². The van der Waals surface area contributed by atoms with Gasteiger partial charge in [0.1, 0.15) is 17.1 Å². The molecule has 0 aliphatic carbocycles. The number of nitrogens with zero attached hydrogens (tertiary/aromatic N) is 3. The van der Waals surface area contributed by atoms with E-state index in [1.807, 2.05) is 6.92 Å². The topological polar surface area (TPSA) is 137 Å². The molecule has 2 aromatic heterocycles. The first-order valence-corrected chi connectivity index (χ1v) is 7.63. The lowest BCUT2D eigenvalue weighted by Gasteiger charge is -2.15. The monoisotopic (exact) mass is 353 g/mol. The molecule has 2 heterocycles. The van der Waals surface area contributed by atoms with Gasteiger partial charge in [-0.3, -0.25) is 0 Å². The molecule has 0 saturated heterocycles. The summed E-state index contributed by atoms with van der Waals surface area (Å²) in [5.41, 5.74) is -1.79. The molecular weight excluding hydrogens is 334 g/mol. The number of rotatable bonds is 7. The van der Waals surface area contributed by atoms with Crippen LogP contribution in [0, 0.1) is 11.8 Å². The number of carbonyl (C=O) groups is 1. The summed E-state index contributed by atoms with van der Waals surface area (Å²) < 4.78 is 15.3. The Hall–Kier alpha value is -2.75. The quantitative estimate of drug-likeness (QED) is 0.587. The lowest BCUT2D eigenvalue weighted by molar-refractivity contribution is 0.0395. The first kappa shape index (κ1) is 18.6. The van der Waals surface area contributed by atoms with Crippen molar-refractivity contribution in [3.63, 3.8) is 0 Å². The third-order valence-electron chi connectivity index (χ3n) is 3.42. The summed E-state index contributed by atoms with van der Waals surface area (Å²) >= 11 is 0. The number of nitroso groups, excluding NO2 is 1. The first-order valence-electron chi connectivity index (χ1n) is 7.63. The Balaban J connectivity index is 2.38. The van der Waals surface area contributed by atoms with Crippen LogP contribution in [-0.4, -0.2) is 20.7 Å². The minimum absolute atomic E-state index is 0.0223. The van der Waals surface area contributed by atoms with Crippen molar-refractivity contribution in [1.82, 2.24) is 9.66 Å². The molecule has 10 nitrogen and oxygen atoms in total. The largest absolute Gasteiger partial charge is 0.519 e. The Morgan fingerprint density at radius 2 is 2.08 bits per heavy atom. The number of carbonyl (C=O) groups excluding carboxylic acids is 1. The number of hydrogen-bond donors (Lipinski definition) is 1. The van der Waals surface area contributed by atoms with E-state index in [1.165, 1.54) is 20.8 Å². The van der Waals surface area contributed by atoms with Crippen LogP contribution in [-0.2, 0) is 23.4 Å². The fourth-order valence-corrected chi connectivity index (χ4v) is 2.25. The third kappa shape index (κ3) is 3.85. The van der Waals surface area contributed by atoms with Gasteiger partial charge >= 0.3 is 11.8 Å². The van der Waals surface area contributed by atoms with Crippen LogP contribution in [0.3, 0.4) is 0 Å². The molecule has 10 heteroatoms. The molecule has 25 heavy (non-hydrogen) atoms. The molecule has 1 N–H and O–H groups in total. The highest BCUT2D eigenvalue weighted by atomic mass is 16.6. The van der Waals surface area contributed by atoms with Crippen molar-refractivity contribution >= 4 is 5.97 Å². The maximum Gasteiger partial charge on any atom is 0.519 e. The van der Waals surface area contributed by atoms with Gasteiger partial charge in [-0.15, -0.1) is 4.91 Å². The van der Waals surface area contributed by atoms with Gasteiger partial charge < -0.3 is 18.7 Å². The normalized spacial score (nSPS) is 11.6. The Labute approximate surface area is 142 Å². The van der Waals surface area contributed by atoms with Gasteiger partial charge in [0.05, 0.1) is 5.29 Å². The maximum atomic E-state index is 12.5. The molecule has 0 aliphatic rings. The highest BCUT2D eigenvalue weighted by Crippen LogP contribution is 2.26. The smallest absolute Gasteiger partial charge is 0.453 e. The Morgan fingerprint density at radius 1 is 1.40 bits per heavy atom. The van der Waals surface area contributed by atoms with Gasteiger partial charge in [0, 0.05) is 6.42 Å². The zero-order chi connectivity index (χ0) is 18.8. The predicted molar refractivity (Wildman–Crippen MR) is 83.8 cm³/mol. The molecule has 0 fully saturated rings. The van der Waals surface area contributed by atoms with Gasteiger partial charge in [0.2, 0.25) is 0 Å². The van der Waals surface area contributed by atoms with E-state index in [2.05, 4.69) is 14.7 Å². The molecule has 0 unspecified atom stereocenters. The maximum absolute atomic E-state index is 12.5. The molecule has 2 aromatic rings. The molecule has 0 amide bonds. The van der Waals surface area contributed by atoms with E-state index in [4.69, 9.17) is 9.15 Å². The third-order valence-corrected chi connectivity index (χ3v) is 3.42. The van der Waals surface area contributed by atoms with Crippen molar-refractivity contribution in [3.05, 3.63) is 44.3 Å². The van der Waals surface area contributed by atoms with Crippen LogP contribution in [0.4, 0.5) is 0 Å². The molecule has 0 radical (unpaired) electrons. The van der Waals surface area contributed by atoms with Gasteiger partial charge in [-0.25, -0.2) is 14.6 Å². The van der Waals surface area contributed by atoms with Gasteiger partial charge in [0.15, 0.2) is 23.8 Å². The Kier molecular flexibility index (Phi) is 5.21. The van der Waals surface area contributed by atoms with Crippen molar-refractivity contribution in [2.45, 2.75) is 52.7 Å². The van der Waals surface area contributed by atoms with E-state index >= 15 is 0 Å². The minimum atomic E-state index is -1.50. The molecule has 0 spiro atoms. The van der Waals surface area contributed by atoms with E-state index in [0.717, 1.165) is 4.68 Å². The van der Waals surface area contributed by atoms with Crippen LogP contribution in [0.25, 0.3) is 0 Å². The fourth-order valence-electron chi connectivity index (χ4n) is 2.25. The predicted octanol–water partition coefficient (Wildman–Crippen LogP) is 1.80. The summed E-state index contributed by atoms with van der Waals surface area (Å²) in [5, 5.41) is 13.1. The lowest BCUT2D eigenvalue weighted by atomic mass is 10.0. The van der Waals surface area contributed by atoms with Crippen molar-refractivity contribution in [3.8, 4) is 0 Å². The number of aryl methyl sites for hydroxylation is 2. The molecule has 0 aliphatic heterocycles. The molecule has 0 atom stereocenters. The van der Waals surface area contributed by atoms with Crippen molar-refractivity contribution in [2.24, 2.45) is 5.29 Å². The molecule has 136 valence electrons. The molecule has 2 rings (SSSR count). The highest BCUT2D eigenvalue weighted by Gasteiger charge is 2.33. The number of aromatic nitrogens is 2. The summed E-state index contributed by atoms with van der Waals surface area (Å²) in [6, 6.07) is 0. The summed E-state index contributed by atoms with van der Waals surface area (Å²) in [6.07, 6.45) is 1.05. The summed E-state index contributed by atoms with van der Waals surface area (Å²) in [5.74, 6) is -1.38. The van der Waals surface area contributed by atoms with E-state index in [9.17, 15) is 19.6 Å². The van der Waals surface area contributed by atoms with E-state index in [1.54, 1.807) is 0 Å². The SMILES string of the molecule is CCCc1nc(C(C)(C)O)c(C(=O)OCc2oc(=O)oc2C)n1N=O. The second kappa shape index (κ2) is 7.01. The Bertz CT molecular complexity index is 838. The van der Waals surface area contributed by atoms with E-state index in [-0.39, 0.29) is 35.3 Å². The number of ether oxygens (including phenoxy) is 1. The van der Waals surface area contributed by atoms with Crippen LogP contribution in [0.1, 0.15) is 60.7 Å². The number of aliphatic hydroxyl groups is 1. The number of hydrogen-bond acceptors (Lipinski definition) is 9. The number of esters is 1. The zero-order valence-corrected chi connectivity index (χ0v) is 14.4. The van der Waals surface area contributed by atoms with Gasteiger partial charge in [-0.05, 0) is 27.2 Å². The van der Waals surface area contributed by atoms with Crippen molar-refractivity contribution in [2.75, 3.05) is 0 Å². The van der Waals surface area contributed by atoms with Crippen LogP contribution >= 0.6 is 0 Å². The number of imidazole rings is 1. The average molecular weight is 353 g/mol. The van der Waals surface area contributed by atoms with E-state index < -0.39 is 17.4 Å². The summed E-state index contributed by atoms with van der Waals surface area (Å²) in [7, 11) is 0. The second-order valence-electron chi connectivity index (χ2n) is 5.94. The first-order chi connectivity index (χ1) is 11.7. The average Bonchev–Trinajstić information content (AvgIpc) is 3.04. The zero-order valence-electron chi connectivity index (χ0n) is 14.4. The lowest BCUT2D eigenvalue weighted by Crippen LogP contribution is -2.22. The fraction of sp³-hybridized carbons (Fsp3) is 0.533. The highest BCUT2D eigenvalue weighted by molar-refractivity contribution is 5.89. The van der Waals surface area contributed by atoms with Crippen LogP contribution in [0.2, 0.25) is 0 Å². The molecule has 0 aromatic carbocycles. The molecule has 0 bridgehead atoms. The van der Waals surface area contributed by atoms with Crippen LogP contribution < -0.4 is 5.82 Å². The molecule has 0 saturated carbocycles. The van der Waals surface area contributed by atoms with Gasteiger partial charge in [0.25, 0.3) is 0 Å². The van der Waals surface area contributed by atoms with Gasteiger partial charge in [-0.2, -0.15) is 4.68 Å². The summed E-state index contributed by atoms with van der Waals surface area (Å²) in [4.78, 5) is 38.8. The summed E-state index contributed by atoms with van der Waals surface area (Å²) in [6.45, 7) is 5.82. The Morgan fingerprint density at radius 3 is 2.56 bits per heavy atom. The standard InChI is InChI=1S/C15H19N3O7/c1-5-6-10-16-12(15(3,4)21)11(18(10)17-22)13(19)23-7-9-8(2)24-14(20)25-9/h21H,5-7H2,1-4H3. The van der Waals surface area contributed by atoms with Crippen molar-refractivity contribution < 1.29 is 23.5 Å². The van der Waals surface area contributed by atoms with Crippen LogP contribution in [0.5, 0.6) is 0 Å². The second-order valence-corrected chi connectivity index (χ2v) is 5.94. The van der Waals surface area contributed by atoms with Crippen LogP contribution in [0.15, 0.2) is 18.9 Å². The molecular formula is C15H19N3O7. The minimum Gasteiger partial charge on any atom is -0.453 e. The van der Waals surface area contributed by atoms with E-state index in [0.29, 0.717) is 12.8 Å².